The predicted octanol–water partition coefficient (Wildman–Crippen LogP) is 1.60. The van der Waals surface area contributed by atoms with Gasteiger partial charge in [0.15, 0.2) is 0 Å². The Morgan fingerprint density at radius 2 is 1.93 bits per heavy atom. The topological polar surface area (TPSA) is 57.6 Å². The second kappa shape index (κ2) is 3.83. The average molecular weight is 211 g/mol. The highest BCUT2D eigenvalue weighted by Crippen LogP contribution is 2.45. The fraction of sp³-hybridized carbons (Fsp3) is 0.818. The number of fused-ring (bicyclic) bond motifs is 1. The first-order valence-corrected chi connectivity index (χ1v) is 5.52. The van der Waals surface area contributed by atoms with Gasteiger partial charge in [-0.2, -0.15) is 0 Å². The molecule has 2 aliphatic rings. The van der Waals surface area contributed by atoms with Crippen LogP contribution in [-0.4, -0.2) is 35.5 Å². The molecule has 0 bridgehead atoms. The minimum atomic E-state index is -0.858. The van der Waals surface area contributed by atoms with Gasteiger partial charge in [0.1, 0.15) is 5.78 Å². The minimum absolute atomic E-state index is 0.398. The fourth-order valence-electron chi connectivity index (χ4n) is 3.12. The van der Waals surface area contributed by atoms with Gasteiger partial charge in [0, 0.05) is 26.4 Å². The SMILES string of the molecule is CN(CC1CC2CC(=O)CC2C1)C(=O)O. The van der Waals surface area contributed by atoms with Crippen molar-refractivity contribution in [2.75, 3.05) is 13.6 Å². The maximum atomic E-state index is 11.2. The number of carboxylic acid groups (broad SMARTS) is 1. The number of hydrogen-bond acceptors (Lipinski definition) is 2. The van der Waals surface area contributed by atoms with Crippen LogP contribution in [0.5, 0.6) is 0 Å². The number of ketones is 1. The van der Waals surface area contributed by atoms with Crippen molar-refractivity contribution in [2.45, 2.75) is 25.7 Å². The molecule has 0 aromatic heterocycles. The molecule has 0 aromatic carbocycles. The summed E-state index contributed by atoms with van der Waals surface area (Å²) in [6, 6.07) is 0. The van der Waals surface area contributed by atoms with Crippen molar-refractivity contribution in [1.29, 1.82) is 0 Å². The van der Waals surface area contributed by atoms with Crippen LogP contribution in [0.1, 0.15) is 25.7 Å². The van der Waals surface area contributed by atoms with E-state index in [9.17, 15) is 9.59 Å². The Kier molecular flexibility index (Phi) is 2.67. The van der Waals surface area contributed by atoms with Gasteiger partial charge < -0.3 is 10.0 Å². The number of carbonyl (C=O) groups is 2. The predicted molar refractivity (Wildman–Crippen MR) is 54.6 cm³/mol. The van der Waals surface area contributed by atoms with Crippen LogP contribution in [0, 0.1) is 17.8 Å². The Morgan fingerprint density at radius 3 is 2.40 bits per heavy atom. The van der Waals surface area contributed by atoms with E-state index in [1.165, 1.54) is 4.90 Å². The van der Waals surface area contributed by atoms with Crippen LogP contribution in [-0.2, 0) is 4.79 Å². The van der Waals surface area contributed by atoms with E-state index in [2.05, 4.69) is 0 Å². The Balaban J connectivity index is 1.84. The van der Waals surface area contributed by atoms with Gasteiger partial charge in [0.05, 0.1) is 0 Å². The van der Waals surface area contributed by atoms with Gasteiger partial charge in [0.2, 0.25) is 0 Å². The maximum Gasteiger partial charge on any atom is 0.407 e. The molecule has 0 heterocycles. The lowest BCUT2D eigenvalue weighted by atomic mass is 10.0. The standard InChI is InChI=1S/C11H17NO3/c1-12(11(14)15)6-7-2-8-4-10(13)5-9(8)3-7/h7-9H,2-6H2,1H3,(H,14,15). The molecule has 4 nitrogen and oxygen atoms in total. The van der Waals surface area contributed by atoms with Crippen molar-refractivity contribution in [3.8, 4) is 0 Å². The van der Waals surface area contributed by atoms with Gasteiger partial charge >= 0.3 is 6.09 Å². The van der Waals surface area contributed by atoms with Crippen LogP contribution in [0.15, 0.2) is 0 Å². The summed E-state index contributed by atoms with van der Waals surface area (Å²) in [6.07, 6.45) is 2.68. The van der Waals surface area contributed by atoms with Gasteiger partial charge in [-0.3, -0.25) is 4.79 Å². The lowest BCUT2D eigenvalue weighted by molar-refractivity contribution is -0.117. The highest BCUT2D eigenvalue weighted by atomic mass is 16.4. The van der Waals surface area contributed by atoms with E-state index in [1.807, 2.05) is 0 Å². The maximum absolute atomic E-state index is 11.2. The van der Waals surface area contributed by atoms with Crippen LogP contribution in [0.2, 0.25) is 0 Å². The molecule has 0 spiro atoms. The average Bonchev–Trinajstić information content (AvgIpc) is 2.60. The second-order valence-corrected chi connectivity index (χ2v) is 4.97. The molecule has 15 heavy (non-hydrogen) atoms. The molecule has 2 fully saturated rings. The van der Waals surface area contributed by atoms with Gasteiger partial charge in [-0.15, -0.1) is 0 Å². The van der Waals surface area contributed by atoms with Gasteiger partial charge in [-0.05, 0) is 30.6 Å². The largest absolute Gasteiger partial charge is 0.465 e. The zero-order valence-electron chi connectivity index (χ0n) is 8.98. The molecule has 1 N–H and O–H groups in total. The Bertz CT molecular complexity index is 274. The lowest BCUT2D eigenvalue weighted by Gasteiger charge is -2.18. The Hall–Kier alpha value is -1.06. The number of carbonyl (C=O) groups excluding carboxylic acids is 1. The summed E-state index contributed by atoms with van der Waals surface area (Å²) < 4.78 is 0. The Morgan fingerprint density at radius 1 is 1.40 bits per heavy atom. The van der Waals surface area contributed by atoms with Crippen molar-refractivity contribution in [3.63, 3.8) is 0 Å². The number of rotatable bonds is 2. The van der Waals surface area contributed by atoms with E-state index >= 15 is 0 Å². The third-order valence-corrected chi connectivity index (χ3v) is 3.78. The third-order valence-electron chi connectivity index (χ3n) is 3.78. The molecule has 4 heteroatoms. The molecule has 2 rings (SSSR count). The first kappa shape index (κ1) is 10.5. The molecule has 0 saturated heterocycles. The zero-order chi connectivity index (χ0) is 11.0. The van der Waals surface area contributed by atoms with Crippen molar-refractivity contribution >= 4 is 11.9 Å². The summed E-state index contributed by atoms with van der Waals surface area (Å²) in [5.41, 5.74) is 0. The van der Waals surface area contributed by atoms with Crippen molar-refractivity contribution in [1.82, 2.24) is 4.90 Å². The summed E-state index contributed by atoms with van der Waals surface area (Å²) in [4.78, 5) is 23.2. The van der Waals surface area contributed by atoms with Crippen LogP contribution in [0.4, 0.5) is 4.79 Å². The highest BCUT2D eigenvalue weighted by Gasteiger charge is 2.41. The minimum Gasteiger partial charge on any atom is -0.465 e. The van der Waals surface area contributed by atoms with Crippen LogP contribution >= 0.6 is 0 Å². The van der Waals surface area contributed by atoms with Crippen molar-refractivity contribution in [2.24, 2.45) is 17.8 Å². The zero-order valence-corrected chi connectivity index (χ0v) is 8.98. The summed E-state index contributed by atoms with van der Waals surface area (Å²) in [7, 11) is 1.61. The molecule has 2 unspecified atom stereocenters. The molecule has 2 saturated carbocycles. The van der Waals surface area contributed by atoms with E-state index in [-0.39, 0.29) is 0 Å². The molecule has 84 valence electrons. The van der Waals surface area contributed by atoms with E-state index in [0.717, 1.165) is 25.7 Å². The lowest BCUT2D eigenvalue weighted by Crippen LogP contribution is -2.29. The van der Waals surface area contributed by atoms with E-state index in [0.29, 0.717) is 30.1 Å². The molecular formula is C11H17NO3. The second-order valence-electron chi connectivity index (χ2n) is 4.97. The monoisotopic (exact) mass is 211 g/mol. The van der Waals surface area contributed by atoms with E-state index in [1.54, 1.807) is 7.05 Å². The number of Topliss-reactive ketones (excluding diaryl/α,β-unsaturated/α-hetero) is 1. The van der Waals surface area contributed by atoms with Crippen LogP contribution < -0.4 is 0 Å². The molecular weight excluding hydrogens is 194 g/mol. The van der Waals surface area contributed by atoms with Gasteiger partial charge in [-0.1, -0.05) is 0 Å². The smallest absolute Gasteiger partial charge is 0.407 e. The van der Waals surface area contributed by atoms with Gasteiger partial charge in [-0.25, -0.2) is 4.79 Å². The molecule has 0 aromatic rings. The van der Waals surface area contributed by atoms with Crippen LogP contribution in [0.3, 0.4) is 0 Å². The normalized spacial score (nSPS) is 34.2. The summed E-state index contributed by atoms with van der Waals surface area (Å²) in [5, 5.41) is 8.76. The first-order valence-electron chi connectivity index (χ1n) is 5.52. The van der Waals surface area contributed by atoms with Gasteiger partial charge in [0.25, 0.3) is 0 Å². The number of amides is 1. The molecule has 1 amide bonds. The first-order chi connectivity index (χ1) is 7.06. The number of nitrogens with zero attached hydrogens (tertiary/aromatic N) is 1. The Labute approximate surface area is 89.3 Å². The van der Waals surface area contributed by atoms with Crippen molar-refractivity contribution in [3.05, 3.63) is 0 Å². The van der Waals surface area contributed by atoms with E-state index in [4.69, 9.17) is 5.11 Å². The molecule has 0 aliphatic heterocycles. The van der Waals surface area contributed by atoms with Crippen LogP contribution in [0.25, 0.3) is 0 Å². The van der Waals surface area contributed by atoms with Crippen molar-refractivity contribution < 1.29 is 14.7 Å². The summed E-state index contributed by atoms with van der Waals surface area (Å²) >= 11 is 0. The summed E-state index contributed by atoms with van der Waals surface area (Å²) in [6.45, 7) is 0.622. The third kappa shape index (κ3) is 2.13. The molecule has 0 radical (unpaired) electrons. The molecule has 2 aliphatic carbocycles. The number of hydrogen-bond donors (Lipinski definition) is 1. The quantitative estimate of drug-likeness (QED) is 0.754. The fourth-order valence-corrected chi connectivity index (χ4v) is 3.12. The molecule has 2 atom stereocenters. The summed E-state index contributed by atoms with van der Waals surface area (Å²) in [5.74, 6) is 1.96. The van der Waals surface area contributed by atoms with E-state index < -0.39 is 6.09 Å². The highest BCUT2D eigenvalue weighted by molar-refractivity contribution is 5.81.